The van der Waals surface area contributed by atoms with Crippen molar-refractivity contribution < 1.29 is 0 Å². The molecule has 0 bridgehead atoms. The van der Waals surface area contributed by atoms with Crippen molar-refractivity contribution in [3.63, 3.8) is 0 Å². The van der Waals surface area contributed by atoms with Crippen LogP contribution in [0.4, 0.5) is 11.6 Å². The minimum absolute atomic E-state index is 0.664. The number of para-hydroxylation sites is 1. The van der Waals surface area contributed by atoms with E-state index < -0.39 is 0 Å². The summed E-state index contributed by atoms with van der Waals surface area (Å²) >= 11 is 0. The number of anilines is 2. The molecular formula is C23H19N5. The summed E-state index contributed by atoms with van der Waals surface area (Å²) in [6.45, 7) is 2.04. The number of fused-ring (bicyclic) bond motifs is 2. The zero-order chi connectivity index (χ0) is 19.1. The van der Waals surface area contributed by atoms with E-state index in [9.17, 15) is 0 Å². The highest BCUT2D eigenvalue weighted by atomic mass is 15.4. The highest BCUT2D eigenvalue weighted by Gasteiger charge is 2.13. The number of hydrogen-bond acceptors (Lipinski definition) is 4. The Bertz CT molecular complexity index is 1290. The molecule has 136 valence electrons. The Labute approximate surface area is 162 Å². The molecule has 5 aromatic rings. The Morgan fingerprint density at radius 2 is 1.75 bits per heavy atom. The second kappa shape index (κ2) is 6.46. The Morgan fingerprint density at radius 1 is 0.893 bits per heavy atom. The summed E-state index contributed by atoms with van der Waals surface area (Å²) in [5.41, 5.74) is 4.98. The fourth-order valence-electron chi connectivity index (χ4n) is 3.49. The van der Waals surface area contributed by atoms with Gasteiger partial charge in [-0.15, -0.1) is 5.10 Å². The molecule has 0 N–H and O–H groups in total. The Hall–Kier alpha value is -3.73. The number of aryl methyl sites for hydroxylation is 1. The summed E-state index contributed by atoms with van der Waals surface area (Å²) < 4.78 is 1.90. The van der Waals surface area contributed by atoms with Crippen molar-refractivity contribution in [2.45, 2.75) is 6.92 Å². The van der Waals surface area contributed by atoms with E-state index in [0.717, 1.165) is 33.7 Å². The molecule has 5 heteroatoms. The molecule has 0 aliphatic heterocycles. The van der Waals surface area contributed by atoms with E-state index in [1.54, 1.807) is 0 Å². The van der Waals surface area contributed by atoms with Gasteiger partial charge in [0.2, 0.25) is 5.95 Å². The summed E-state index contributed by atoms with van der Waals surface area (Å²) in [4.78, 5) is 11.1. The van der Waals surface area contributed by atoms with E-state index in [4.69, 9.17) is 10.1 Å². The zero-order valence-electron chi connectivity index (χ0n) is 15.7. The van der Waals surface area contributed by atoms with Crippen molar-refractivity contribution in [3.05, 3.63) is 84.7 Å². The molecule has 0 saturated carbocycles. The second-order valence-corrected chi connectivity index (χ2v) is 6.82. The molecule has 0 radical (unpaired) electrons. The van der Waals surface area contributed by atoms with E-state index in [2.05, 4.69) is 29.2 Å². The largest absolute Gasteiger partial charge is 0.312 e. The van der Waals surface area contributed by atoms with Crippen molar-refractivity contribution in [2.24, 2.45) is 0 Å². The van der Waals surface area contributed by atoms with Gasteiger partial charge in [-0.2, -0.15) is 4.98 Å². The Balaban J connectivity index is 1.65. The fourth-order valence-corrected chi connectivity index (χ4v) is 3.49. The minimum atomic E-state index is 0.664. The molecule has 0 fully saturated rings. The molecule has 0 aliphatic rings. The first kappa shape index (κ1) is 16.4. The van der Waals surface area contributed by atoms with Crippen LogP contribution in [0.2, 0.25) is 0 Å². The Kier molecular flexibility index (Phi) is 3.79. The Morgan fingerprint density at radius 3 is 2.61 bits per heavy atom. The maximum absolute atomic E-state index is 4.78. The second-order valence-electron chi connectivity index (χ2n) is 6.82. The predicted octanol–water partition coefficient (Wildman–Crippen LogP) is 5.02. The molecule has 0 aliphatic carbocycles. The van der Waals surface area contributed by atoms with Crippen LogP contribution in [-0.2, 0) is 0 Å². The molecule has 0 saturated heterocycles. The van der Waals surface area contributed by atoms with Crippen LogP contribution in [0.25, 0.3) is 27.7 Å². The molecule has 2 aromatic carbocycles. The average molecular weight is 365 g/mol. The van der Waals surface area contributed by atoms with Crippen LogP contribution in [0.5, 0.6) is 0 Å². The maximum Gasteiger partial charge on any atom is 0.249 e. The third-order valence-electron chi connectivity index (χ3n) is 5.05. The van der Waals surface area contributed by atoms with Gasteiger partial charge in [0.15, 0.2) is 5.65 Å². The lowest BCUT2D eigenvalue weighted by atomic mass is 10.0. The highest BCUT2D eigenvalue weighted by Crippen LogP contribution is 2.27. The first-order chi connectivity index (χ1) is 13.7. The van der Waals surface area contributed by atoms with Gasteiger partial charge in [-0.05, 0) is 48.7 Å². The molecule has 5 nitrogen and oxygen atoms in total. The number of nitrogens with zero attached hydrogens (tertiary/aromatic N) is 5. The standard InChI is InChI=1S/C23H19N5/c1-16-20-15-18(12-11-17(20)13-14-24-16)21-9-6-10-22-25-23(26-28(21)22)27(2)19-7-4-3-5-8-19/h3-15H,1-2H3. The van der Waals surface area contributed by atoms with E-state index in [0.29, 0.717) is 5.95 Å². The molecule has 0 amide bonds. The van der Waals surface area contributed by atoms with E-state index in [-0.39, 0.29) is 0 Å². The first-order valence-electron chi connectivity index (χ1n) is 9.21. The molecule has 0 atom stereocenters. The van der Waals surface area contributed by atoms with Crippen molar-refractivity contribution >= 4 is 28.1 Å². The lowest BCUT2D eigenvalue weighted by Crippen LogP contribution is -2.11. The van der Waals surface area contributed by atoms with Gasteiger partial charge in [0.1, 0.15) is 0 Å². The quantitative estimate of drug-likeness (QED) is 0.450. The molecule has 3 heterocycles. The van der Waals surface area contributed by atoms with Gasteiger partial charge >= 0.3 is 0 Å². The van der Waals surface area contributed by atoms with Gasteiger partial charge < -0.3 is 4.90 Å². The van der Waals surface area contributed by atoms with Crippen molar-refractivity contribution in [1.82, 2.24) is 19.6 Å². The third kappa shape index (κ3) is 2.68. The van der Waals surface area contributed by atoms with E-state index >= 15 is 0 Å². The van der Waals surface area contributed by atoms with E-state index in [1.807, 2.05) is 78.1 Å². The van der Waals surface area contributed by atoms with Gasteiger partial charge in [0.25, 0.3) is 0 Å². The van der Waals surface area contributed by atoms with Crippen molar-refractivity contribution in [2.75, 3.05) is 11.9 Å². The number of rotatable bonds is 3. The van der Waals surface area contributed by atoms with Crippen LogP contribution in [-0.4, -0.2) is 26.6 Å². The van der Waals surface area contributed by atoms with Gasteiger partial charge in [0.05, 0.1) is 5.69 Å². The monoisotopic (exact) mass is 365 g/mol. The van der Waals surface area contributed by atoms with Gasteiger partial charge in [-0.1, -0.05) is 36.4 Å². The lowest BCUT2D eigenvalue weighted by Gasteiger charge is -2.14. The van der Waals surface area contributed by atoms with Gasteiger partial charge in [-0.3, -0.25) is 4.98 Å². The topological polar surface area (TPSA) is 46.3 Å². The van der Waals surface area contributed by atoms with E-state index in [1.165, 1.54) is 5.39 Å². The summed E-state index contributed by atoms with van der Waals surface area (Å²) in [5.74, 6) is 0.664. The number of pyridine rings is 2. The number of aromatic nitrogens is 4. The van der Waals surface area contributed by atoms with Gasteiger partial charge in [-0.25, -0.2) is 4.52 Å². The average Bonchev–Trinajstić information content (AvgIpc) is 3.18. The third-order valence-corrected chi connectivity index (χ3v) is 5.05. The van der Waals surface area contributed by atoms with Gasteiger partial charge in [0, 0.05) is 35.6 Å². The molecular weight excluding hydrogens is 346 g/mol. The van der Waals surface area contributed by atoms with Crippen LogP contribution in [0, 0.1) is 6.92 Å². The van der Waals surface area contributed by atoms with Crippen LogP contribution in [0.3, 0.4) is 0 Å². The normalized spacial score (nSPS) is 11.2. The first-order valence-corrected chi connectivity index (χ1v) is 9.21. The fraction of sp³-hybridized carbons (Fsp3) is 0.0870. The van der Waals surface area contributed by atoms with Crippen LogP contribution >= 0.6 is 0 Å². The van der Waals surface area contributed by atoms with Crippen molar-refractivity contribution in [1.29, 1.82) is 0 Å². The van der Waals surface area contributed by atoms with Crippen LogP contribution in [0.1, 0.15) is 5.69 Å². The SMILES string of the molecule is Cc1nccc2ccc(-c3cccc4nc(N(C)c5ccccc5)nn34)cc12. The summed E-state index contributed by atoms with van der Waals surface area (Å²) in [5, 5.41) is 7.12. The minimum Gasteiger partial charge on any atom is -0.312 e. The molecule has 5 rings (SSSR count). The lowest BCUT2D eigenvalue weighted by molar-refractivity contribution is 0.948. The molecule has 28 heavy (non-hydrogen) atoms. The number of hydrogen-bond donors (Lipinski definition) is 0. The highest BCUT2D eigenvalue weighted by molar-refractivity contribution is 5.88. The molecule has 0 spiro atoms. The van der Waals surface area contributed by atoms with Crippen LogP contribution in [0.15, 0.2) is 79.0 Å². The zero-order valence-corrected chi connectivity index (χ0v) is 15.7. The summed E-state index contributed by atoms with van der Waals surface area (Å²) in [7, 11) is 1.98. The maximum atomic E-state index is 4.78. The molecule has 0 unspecified atom stereocenters. The molecule has 3 aromatic heterocycles. The van der Waals surface area contributed by atoms with Crippen LogP contribution < -0.4 is 4.90 Å². The van der Waals surface area contributed by atoms with Crippen molar-refractivity contribution in [3.8, 4) is 11.3 Å². The predicted molar refractivity (Wildman–Crippen MR) is 113 cm³/mol. The summed E-state index contributed by atoms with van der Waals surface area (Å²) in [6, 6.07) is 24.7. The summed E-state index contributed by atoms with van der Waals surface area (Å²) in [6.07, 6.45) is 1.85. The number of benzene rings is 2. The smallest absolute Gasteiger partial charge is 0.249 e.